The zero-order valence-corrected chi connectivity index (χ0v) is 16.1. The maximum absolute atomic E-state index is 12.2. The van der Waals surface area contributed by atoms with Crippen LogP contribution in [-0.4, -0.2) is 37.7 Å². The molecule has 1 fully saturated rings. The van der Waals surface area contributed by atoms with E-state index in [9.17, 15) is 9.59 Å². The minimum absolute atomic E-state index is 0.0209. The lowest BCUT2D eigenvalue weighted by atomic mass is 10.0. The average molecular weight is 396 g/mol. The first-order chi connectivity index (χ1) is 14.2. The van der Waals surface area contributed by atoms with Crippen molar-refractivity contribution in [3.63, 3.8) is 0 Å². The quantitative estimate of drug-likeness (QED) is 0.751. The lowest BCUT2D eigenvalue weighted by Crippen LogP contribution is -2.21. The molecular formula is C22H24N2O5. The van der Waals surface area contributed by atoms with Crippen molar-refractivity contribution in [2.75, 3.05) is 30.5 Å². The van der Waals surface area contributed by atoms with Crippen LogP contribution in [0.25, 0.3) is 0 Å². The highest BCUT2D eigenvalue weighted by Gasteiger charge is 2.17. The Morgan fingerprint density at radius 1 is 1.14 bits per heavy atom. The third-order valence-corrected chi connectivity index (χ3v) is 4.92. The first kappa shape index (κ1) is 19.3. The standard InChI is InChI=1S/C22H24N2O5/c25-21-9-6-15-11-18(7-8-20(15)24-21)29-14-22(26)23-16-3-1-4-17(12-16)28-13-19-5-2-10-27-19/h1,3-4,7-8,11-12,19H,2,5-6,9-10,13-14H2,(H,23,26)(H,24,25)/t19-/m1/s1. The average Bonchev–Trinajstić information content (AvgIpc) is 3.25. The predicted molar refractivity (Wildman–Crippen MR) is 108 cm³/mol. The fourth-order valence-corrected chi connectivity index (χ4v) is 3.42. The second-order valence-electron chi connectivity index (χ2n) is 7.18. The molecule has 7 heteroatoms. The molecule has 0 saturated carbocycles. The molecule has 0 unspecified atom stereocenters. The summed E-state index contributed by atoms with van der Waals surface area (Å²) in [6.45, 7) is 1.20. The molecule has 0 aromatic heterocycles. The largest absolute Gasteiger partial charge is 0.491 e. The predicted octanol–water partition coefficient (Wildman–Crippen LogP) is 3.15. The highest BCUT2D eigenvalue weighted by atomic mass is 16.5. The molecule has 2 aliphatic heterocycles. The second kappa shape index (κ2) is 8.96. The van der Waals surface area contributed by atoms with Gasteiger partial charge in [-0.25, -0.2) is 0 Å². The molecule has 4 rings (SSSR count). The van der Waals surface area contributed by atoms with Crippen molar-refractivity contribution >= 4 is 23.2 Å². The molecule has 2 N–H and O–H groups in total. The van der Waals surface area contributed by atoms with E-state index in [1.165, 1.54) is 0 Å². The molecule has 0 bridgehead atoms. The highest BCUT2D eigenvalue weighted by Crippen LogP contribution is 2.27. The molecule has 2 aliphatic rings. The molecule has 1 atom stereocenters. The SMILES string of the molecule is O=C(COc1ccc2c(c1)CCC(=O)N2)Nc1cccc(OC[C@H]2CCCO2)c1. The van der Waals surface area contributed by atoms with E-state index < -0.39 is 0 Å². The molecule has 2 aromatic carbocycles. The Morgan fingerprint density at radius 2 is 2.03 bits per heavy atom. The van der Waals surface area contributed by atoms with Crippen molar-refractivity contribution in [1.29, 1.82) is 0 Å². The van der Waals surface area contributed by atoms with E-state index in [0.29, 0.717) is 36.6 Å². The van der Waals surface area contributed by atoms with Crippen LogP contribution in [0.4, 0.5) is 11.4 Å². The van der Waals surface area contributed by atoms with Gasteiger partial charge >= 0.3 is 0 Å². The Morgan fingerprint density at radius 3 is 2.90 bits per heavy atom. The van der Waals surface area contributed by atoms with Gasteiger partial charge in [-0.3, -0.25) is 9.59 Å². The van der Waals surface area contributed by atoms with Crippen molar-refractivity contribution in [3.05, 3.63) is 48.0 Å². The highest BCUT2D eigenvalue weighted by molar-refractivity contribution is 5.94. The number of aryl methyl sites for hydroxylation is 1. The summed E-state index contributed by atoms with van der Waals surface area (Å²) in [5, 5.41) is 5.64. The minimum Gasteiger partial charge on any atom is -0.491 e. The van der Waals surface area contributed by atoms with E-state index in [0.717, 1.165) is 30.7 Å². The number of amides is 2. The summed E-state index contributed by atoms with van der Waals surface area (Å²) < 4.78 is 16.9. The number of benzene rings is 2. The number of nitrogens with one attached hydrogen (secondary N) is 2. The van der Waals surface area contributed by atoms with Crippen LogP contribution in [0.3, 0.4) is 0 Å². The lowest BCUT2D eigenvalue weighted by molar-refractivity contribution is -0.118. The molecule has 0 spiro atoms. The molecule has 2 aromatic rings. The summed E-state index contributed by atoms with van der Waals surface area (Å²) in [6, 6.07) is 12.7. The zero-order chi connectivity index (χ0) is 20.1. The smallest absolute Gasteiger partial charge is 0.262 e. The van der Waals surface area contributed by atoms with Crippen LogP contribution in [0.5, 0.6) is 11.5 Å². The van der Waals surface area contributed by atoms with Gasteiger partial charge in [0.05, 0.1) is 6.10 Å². The summed E-state index contributed by atoms with van der Waals surface area (Å²) in [5.74, 6) is 1.06. The first-order valence-electron chi connectivity index (χ1n) is 9.85. The normalized spacial score (nSPS) is 17.9. The molecule has 7 nitrogen and oxygen atoms in total. The summed E-state index contributed by atoms with van der Waals surface area (Å²) in [5.41, 5.74) is 2.47. The van der Waals surface area contributed by atoms with Crippen LogP contribution in [0, 0.1) is 0 Å². The van der Waals surface area contributed by atoms with Gasteiger partial charge in [0.15, 0.2) is 6.61 Å². The molecule has 0 radical (unpaired) electrons. The maximum atomic E-state index is 12.2. The molecule has 152 valence electrons. The molecular weight excluding hydrogens is 372 g/mol. The Hall–Kier alpha value is -3.06. The van der Waals surface area contributed by atoms with Gasteiger partial charge in [-0.15, -0.1) is 0 Å². The number of hydrogen-bond donors (Lipinski definition) is 2. The number of carbonyl (C=O) groups is 2. The number of ether oxygens (including phenoxy) is 3. The zero-order valence-electron chi connectivity index (χ0n) is 16.1. The van der Waals surface area contributed by atoms with Crippen molar-refractivity contribution in [1.82, 2.24) is 0 Å². The van der Waals surface area contributed by atoms with Gasteiger partial charge in [0.1, 0.15) is 18.1 Å². The van der Waals surface area contributed by atoms with E-state index in [1.54, 1.807) is 24.3 Å². The number of rotatable bonds is 7. The topological polar surface area (TPSA) is 85.9 Å². The first-order valence-corrected chi connectivity index (χ1v) is 9.85. The summed E-state index contributed by atoms with van der Waals surface area (Å²) in [6.07, 6.45) is 3.36. The second-order valence-corrected chi connectivity index (χ2v) is 7.18. The molecule has 1 saturated heterocycles. The lowest BCUT2D eigenvalue weighted by Gasteiger charge is -2.17. The summed E-state index contributed by atoms with van der Waals surface area (Å²) in [4.78, 5) is 23.7. The molecule has 2 amide bonds. The van der Waals surface area contributed by atoms with E-state index in [-0.39, 0.29) is 24.5 Å². The number of carbonyl (C=O) groups excluding carboxylic acids is 2. The van der Waals surface area contributed by atoms with E-state index >= 15 is 0 Å². The van der Waals surface area contributed by atoms with Crippen LogP contribution < -0.4 is 20.1 Å². The Labute approximate surface area is 169 Å². The third-order valence-electron chi connectivity index (χ3n) is 4.92. The van der Waals surface area contributed by atoms with Crippen molar-refractivity contribution in [2.45, 2.75) is 31.8 Å². The number of anilines is 2. The van der Waals surface area contributed by atoms with Crippen LogP contribution in [0.15, 0.2) is 42.5 Å². The van der Waals surface area contributed by atoms with Crippen molar-refractivity contribution in [3.8, 4) is 11.5 Å². The van der Waals surface area contributed by atoms with E-state index in [1.807, 2.05) is 18.2 Å². The maximum Gasteiger partial charge on any atom is 0.262 e. The van der Waals surface area contributed by atoms with Gasteiger partial charge in [0, 0.05) is 30.5 Å². The fourth-order valence-electron chi connectivity index (χ4n) is 3.42. The van der Waals surface area contributed by atoms with E-state index in [4.69, 9.17) is 14.2 Å². The van der Waals surface area contributed by atoms with Crippen molar-refractivity contribution in [2.24, 2.45) is 0 Å². The Kier molecular flexibility index (Phi) is 5.95. The van der Waals surface area contributed by atoms with Gasteiger partial charge in [-0.2, -0.15) is 0 Å². The van der Waals surface area contributed by atoms with Crippen LogP contribution >= 0.6 is 0 Å². The van der Waals surface area contributed by atoms with Gasteiger partial charge in [-0.05, 0) is 55.2 Å². The number of hydrogen-bond acceptors (Lipinski definition) is 5. The third kappa shape index (κ3) is 5.26. The minimum atomic E-state index is -0.257. The number of fused-ring (bicyclic) bond motifs is 1. The van der Waals surface area contributed by atoms with Crippen molar-refractivity contribution < 1.29 is 23.8 Å². The summed E-state index contributed by atoms with van der Waals surface area (Å²) >= 11 is 0. The molecule has 29 heavy (non-hydrogen) atoms. The van der Waals surface area contributed by atoms with Crippen LogP contribution in [0.1, 0.15) is 24.8 Å². The van der Waals surface area contributed by atoms with Gasteiger partial charge in [0.2, 0.25) is 5.91 Å². The van der Waals surface area contributed by atoms with Crippen LogP contribution in [0.2, 0.25) is 0 Å². The molecule has 0 aliphatic carbocycles. The van der Waals surface area contributed by atoms with Crippen LogP contribution in [-0.2, 0) is 20.7 Å². The van der Waals surface area contributed by atoms with E-state index in [2.05, 4.69) is 10.6 Å². The van der Waals surface area contributed by atoms with Gasteiger partial charge in [-0.1, -0.05) is 6.07 Å². The Balaban J connectivity index is 1.27. The fraction of sp³-hybridized carbons (Fsp3) is 0.364. The monoisotopic (exact) mass is 396 g/mol. The van der Waals surface area contributed by atoms with Gasteiger partial charge in [0.25, 0.3) is 5.91 Å². The Bertz CT molecular complexity index is 893. The van der Waals surface area contributed by atoms with Gasteiger partial charge < -0.3 is 24.8 Å². The molecule has 2 heterocycles. The summed E-state index contributed by atoms with van der Waals surface area (Å²) in [7, 11) is 0.